The third-order valence-electron chi connectivity index (χ3n) is 1.67. The number of nitrogens with zero attached hydrogens (tertiary/aromatic N) is 1. The molecule has 0 aliphatic carbocycles. The predicted octanol–water partition coefficient (Wildman–Crippen LogP) is 1.60. The summed E-state index contributed by atoms with van der Waals surface area (Å²) in [5.74, 6) is -0.304. The molecule has 0 aliphatic heterocycles. The number of aromatic amines is 1. The van der Waals surface area contributed by atoms with Gasteiger partial charge in [-0.25, -0.2) is 0 Å². The van der Waals surface area contributed by atoms with Crippen molar-refractivity contribution in [1.82, 2.24) is 4.98 Å². The fourth-order valence-electron chi connectivity index (χ4n) is 1.06. The lowest BCUT2D eigenvalue weighted by Gasteiger charge is -2.00. The number of aromatic nitrogens is 1. The van der Waals surface area contributed by atoms with E-state index in [1.807, 2.05) is 6.07 Å². The summed E-state index contributed by atoms with van der Waals surface area (Å²) >= 11 is 2.08. The van der Waals surface area contributed by atoms with Gasteiger partial charge in [0.05, 0.1) is 13.0 Å². The first-order chi connectivity index (χ1) is 6.69. The van der Waals surface area contributed by atoms with Crippen molar-refractivity contribution in [2.24, 2.45) is 0 Å². The zero-order chi connectivity index (χ0) is 10.6. The quantitative estimate of drug-likeness (QED) is 0.681. The number of carbonyl (C=O) groups is 1. The van der Waals surface area contributed by atoms with Crippen LogP contribution in [0.25, 0.3) is 0 Å². The predicted molar refractivity (Wildman–Crippen MR) is 58.6 cm³/mol. The lowest BCUT2D eigenvalue weighted by molar-refractivity contribution is -0.142. The summed E-state index contributed by atoms with van der Waals surface area (Å²) in [5, 5.41) is 8.74. The SMILES string of the molecule is CCOC(=O)Cc1c(I)c[nH]c1C#N. The molecule has 1 aromatic heterocycles. The zero-order valence-corrected chi connectivity index (χ0v) is 9.79. The van der Waals surface area contributed by atoms with Gasteiger partial charge >= 0.3 is 5.97 Å². The molecule has 0 saturated heterocycles. The van der Waals surface area contributed by atoms with Crippen molar-refractivity contribution in [1.29, 1.82) is 5.26 Å². The molecule has 14 heavy (non-hydrogen) atoms. The molecule has 0 atom stereocenters. The van der Waals surface area contributed by atoms with Crippen molar-refractivity contribution in [3.63, 3.8) is 0 Å². The first-order valence-corrected chi connectivity index (χ1v) is 5.18. The Labute approximate surface area is 95.4 Å². The summed E-state index contributed by atoms with van der Waals surface area (Å²) in [4.78, 5) is 14.0. The van der Waals surface area contributed by atoms with Gasteiger partial charge in [-0.2, -0.15) is 5.26 Å². The van der Waals surface area contributed by atoms with Gasteiger partial charge in [0.25, 0.3) is 0 Å². The van der Waals surface area contributed by atoms with Crippen LogP contribution in [0.2, 0.25) is 0 Å². The van der Waals surface area contributed by atoms with Gasteiger partial charge in [0, 0.05) is 15.3 Å². The molecule has 4 nitrogen and oxygen atoms in total. The Balaban J connectivity index is 2.80. The lowest BCUT2D eigenvalue weighted by atomic mass is 10.2. The Morgan fingerprint density at radius 1 is 1.79 bits per heavy atom. The highest BCUT2D eigenvalue weighted by molar-refractivity contribution is 14.1. The van der Waals surface area contributed by atoms with E-state index in [0.717, 1.165) is 3.57 Å². The highest BCUT2D eigenvalue weighted by atomic mass is 127. The van der Waals surface area contributed by atoms with E-state index in [4.69, 9.17) is 10.00 Å². The summed E-state index contributed by atoms with van der Waals surface area (Å²) < 4.78 is 5.69. The van der Waals surface area contributed by atoms with Gasteiger partial charge in [-0.05, 0) is 29.5 Å². The van der Waals surface area contributed by atoms with E-state index in [1.54, 1.807) is 13.1 Å². The summed E-state index contributed by atoms with van der Waals surface area (Å²) in [6, 6.07) is 2.00. The van der Waals surface area contributed by atoms with Gasteiger partial charge in [0.1, 0.15) is 11.8 Å². The van der Waals surface area contributed by atoms with Crippen LogP contribution in [0.3, 0.4) is 0 Å². The smallest absolute Gasteiger partial charge is 0.310 e. The highest BCUT2D eigenvalue weighted by Crippen LogP contribution is 2.16. The monoisotopic (exact) mass is 304 g/mol. The number of carbonyl (C=O) groups excluding carboxylic acids is 1. The maximum Gasteiger partial charge on any atom is 0.310 e. The van der Waals surface area contributed by atoms with Crippen LogP contribution in [-0.2, 0) is 16.0 Å². The molecule has 0 bridgehead atoms. The molecule has 74 valence electrons. The topological polar surface area (TPSA) is 65.9 Å². The van der Waals surface area contributed by atoms with Gasteiger partial charge in [0.2, 0.25) is 0 Å². The van der Waals surface area contributed by atoms with E-state index < -0.39 is 0 Å². The Hall–Kier alpha value is -1.03. The molecule has 0 saturated carbocycles. The van der Waals surface area contributed by atoms with E-state index in [0.29, 0.717) is 17.9 Å². The maximum atomic E-state index is 11.2. The Kier molecular flexibility index (Phi) is 3.95. The summed E-state index contributed by atoms with van der Waals surface area (Å²) in [6.07, 6.45) is 1.85. The van der Waals surface area contributed by atoms with Crippen molar-refractivity contribution in [3.8, 4) is 6.07 Å². The van der Waals surface area contributed by atoms with Gasteiger partial charge in [0.15, 0.2) is 0 Å². The highest BCUT2D eigenvalue weighted by Gasteiger charge is 2.13. The molecule has 0 radical (unpaired) electrons. The first-order valence-electron chi connectivity index (χ1n) is 4.10. The van der Waals surface area contributed by atoms with E-state index >= 15 is 0 Å². The largest absolute Gasteiger partial charge is 0.466 e. The number of H-pyrrole nitrogens is 1. The molecule has 0 aliphatic rings. The van der Waals surface area contributed by atoms with Crippen molar-refractivity contribution in [3.05, 3.63) is 21.0 Å². The molecule has 0 spiro atoms. The summed E-state index contributed by atoms with van der Waals surface area (Å²) in [6.45, 7) is 2.12. The number of nitriles is 1. The Morgan fingerprint density at radius 2 is 2.50 bits per heavy atom. The Bertz CT molecular complexity index is 379. The van der Waals surface area contributed by atoms with Crippen LogP contribution >= 0.6 is 22.6 Å². The molecule has 1 N–H and O–H groups in total. The van der Waals surface area contributed by atoms with Crippen LogP contribution in [0, 0.1) is 14.9 Å². The molecule has 0 unspecified atom stereocenters. The van der Waals surface area contributed by atoms with Gasteiger partial charge in [-0.1, -0.05) is 0 Å². The average molecular weight is 304 g/mol. The molecule has 0 amide bonds. The number of rotatable bonds is 3. The van der Waals surface area contributed by atoms with E-state index in [-0.39, 0.29) is 12.4 Å². The molecule has 1 heterocycles. The average Bonchev–Trinajstić information content (AvgIpc) is 2.48. The van der Waals surface area contributed by atoms with Crippen molar-refractivity contribution in [2.75, 3.05) is 6.61 Å². The second-order valence-corrected chi connectivity index (χ2v) is 3.75. The first kappa shape index (κ1) is 11.0. The molecule has 0 aromatic carbocycles. The maximum absolute atomic E-state index is 11.2. The number of hydrogen-bond acceptors (Lipinski definition) is 3. The number of ether oxygens (including phenoxy) is 1. The second-order valence-electron chi connectivity index (χ2n) is 2.58. The molecular weight excluding hydrogens is 295 g/mol. The minimum atomic E-state index is -0.304. The van der Waals surface area contributed by atoms with Crippen molar-refractivity contribution < 1.29 is 9.53 Å². The van der Waals surface area contributed by atoms with Gasteiger partial charge in [-0.3, -0.25) is 4.79 Å². The van der Waals surface area contributed by atoms with Crippen LogP contribution in [-0.4, -0.2) is 17.6 Å². The van der Waals surface area contributed by atoms with Crippen LogP contribution < -0.4 is 0 Å². The van der Waals surface area contributed by atoms with Crippen LogP contribution in [0.15, 0.2) is 6.20 Å². The zero-order valence-electron chi connectivity index (χ0n) is 7.63. The van der Waals surface area contributed by atoms with Crippen LogP contribution in [0.5, 0.6) is 0 Å². The third kappa shape index (κ3) is 2.48. The van der Waals surface area contributed by atoms with Gasteiger partial charge in [-0.15, -0.1) is 0 Å². The fourth-order valence-corrected chi connectivity index (χ4v) is 1.67. The van der Waals surface area contributed by atoms with Gasteiger partial charge < -0.3 is 9.72 Å². The molecule has 1 aromatic rings. The number of hydrogen-bond donors (Lipinski definition) is 1. The fraction of sp³-hybridized carbons (Fsp3) is 0.333. The van der Waals surface area contributed by atoms with Crippen molar-refractivity contribution in [2.45, 2.75) is 13.3 Å². The van der Waals surface area contributed by atoms with Crippen LogP contribution in [0.4, 0.5) is 0 Å². The molecule has 1 rings (SSSR count). The van der Waals surface area contributed by atoms with E-state index in [2.05, 4.69) is 27.6 Å². The molecule has 5 heteroatoms. The number of nitrogens with one attached hydrogen (secondary N) is 1. The number of halogens is 1. The van der Waals surface area contributed by atoms with E-state index in [9.17, 15) is 4.79 Å². The summed E-state index contributed by atoms with van der Waals surface area (Å²) in [5.41, 5.74) is 1.15. The molecule has 0 fully saturated rings. The normalized spacial score (nSPS) is 9.50. The van der Waals surface area contributed by atoms with Crippen LogP contribution in [0.1, 0.15) is 18.2 Å². The minimum absolute atomic E-state index is 0.151. The minimum Gasteiger partial charge on any atom is -0.466 e. The summed E-state index contributed by atoms with van der Waals surface area (Å²) in [7, 11) is 0. The van der Waals surface area contributed by atoms with Crippen molar-refractivity contribution >= 4 is 28.6 Å². The van der Waals surface area contributed by atoms with E-state index in [1.165, 1.54) is 0 Å². The standard InChI is InChI=1S/C9H9IN2O2/c1-2-14-9(13)3-6-7(10)5-12-8(6)4-11/h5,12H,2-3H2,1H3. The third-order valence-corrected chi connectivity index (χ3v) is 2.63. The second kappa shape index (κ2) is 5.00. The Morgan fingerprint density at radius 3 is 3.07 bits per heavy atom. The molecular formula is C9H9IN2O2. The number of esters is 1. The lowest BCUT2D eigenvalue weighted by Crippen LogP contribution is -2.08.